The maximum atomic E-state index is 14.2. The van der Waals surface area contributed by atoms with Crippen molar-refractivity contribution in [2.45, 2.75) is 245 Å². The lowest BCUT2D eigenvalue weighted by atomic mass is 9.96. The van der Waals surface area contributed by atoms with Gasteiger partial charge in [-0.2, -0.15) is 4.31 Å². The Morgan fingerprint density at radius 1 is 0.476 bits per heavy atom. The van der Waals surface area contributed by atoms with Crippen molar-refractivity contribution in [2.24, 2.45) is 5.92 Å². The maximum Gasteiger partial charge on any atom is 0.307 e. The largest absolute Gasteiger partial charge is 0.469 e. The van der Waals surface area contributed by atoms with Crippen molar-refractivity contribution >= 4 is 22.0 Å². The van der Waals surface area contributed by atoms with Crippen LogP contribution in [0.3, 0.4) is 0 Å². The highest BCUT2D eigenvalue weighted by molar-refractivity contribution is 7.89. The Morgan fingerprint density at radius 2 is 0.857 bits per heavy atom. The molecule has 11 heteroatoms. The van der Waals surface area contributed by atoms with Gasteiger partial charge in [-0.25, -0.2) is 8.42 Å². The lowest BCUT2D eigenvalue weighted by molar-refractivity contribution is -0.142. The number of rotatable bonds is 45. The molecule has 0 amide bonds. The topological polar surface area (TPSA) is 108 Å². The Bertz CT molecular complexity index is 1110. The average molecular weight is 918 g/mol. The number of sulfonamides is 1. The molecule has 0 saturated heterocycles. The molecule has 63 heavy (non-hydrogen) atoms. The SMILES string of the molecule is CCCCCCCCCC(CC(=O)OC)N(CCCN(C)C)S(=O)(=O)CC(CCCCCC)CCCCCCCC.CCCCCCCCCC(CC(=O)OC)NCCCN(C)C. The molecule has 0 aromatic rings. The molecule has 3 unspecified atom stereocenters. The molecule has 0 rings (SSSR count). The first-order valence-electron chi connectivity index (χ1n) is 26.5. The summed E-state index contributed by atoms with van der Waals surface area (Å²) < 4.78 is 39.9. The van der Waals surface area contributed by atoms with Crippen molar-refractivity contribution in [1.82, 2.24) is 19.4 Å². The van der Waals surface area contributed by atoms with Gasteiger partial charge in [0, 0.05) is 18.6 Å². The number of ether oxygens (including phenoxy) is 2. The number of unbranched alkanes of at least 4 members (excludes halogenated alkanes) is 20. The third-order valence-electron chi connectivity index (χ3n) is 12.4. The number of esters is 2. The summed E-state index contributed by atoms with van der Waals surface area (Å²) in [5.41, 5.74) is 0. The van der Waals surface area contributed by atoms with E-state index in [0.29, 0.717) is 13.0 Å². The molecule has 0 bridgehead atoms. The number of carbonyl (C=O) groups is 2. The summed E-state index contributed by atoms with van der Waals surface area (Å²) in [6.45, 7) is 12.3. The number of hydrogen-bond acceptors (Lipinski definition) is 9. The van der Waals surface area contributed by atoms with Crippen molar-refractivity contribution in [1.29, 1.82) is 0 Å². The van der Waals surface area contributed by atoms with Gasteiger partial charge in [-0.1, -0.05) is 182 Å². The smallest absolute Gasteiger partial charge is 0.307 e. The number of carbonyl (C=O) groups excluding carboxylic acids is 2. The highest BCUT2D eigenvalue weighted by Crippen LogP contribution is 2.26. The van der Waals surface area contributed by atoms with Gasteiger partial charge in [0.1, 0.15) is 0 Å². The van der Waals surface area contributed by atoms with Gasteiger partial charge in [-0.15, -0.1) is 0 Å². The van der Waals surface area contributed by atoms with Crippen molar-refractivity contribution in [3.63, 3.8) is 0 Å². The van der Waals surface area contributed by atoms with Gasteiger partial charge in [0.05, 0.1) is 32.8 Å². The second kappa shape index (κ2) is 45.9. The summed E-state index contributed by atoms with van der Waals surface area (Å²) in [5, 5.41) is 3.52. The van der Waals surface area contributed by atoms with Crippen molar-refractivity contribution in [2.75, 3.05) is 74.3 Å². The zero-order valence-corrected chi connectivity index (χ0v) is 44.4. The predicted molar refractivity (Wildman–Crippen MR) is 271 cm³/mol. The summed E-state index contributed by atoms with van der Waals surface area (Å²) in [5.74, 6) is -0.0104. The van der Waals surface area contributed by atoms with Gasteiger partial charge in [0.25, 0.3) is 0 Å². The third kappa shape index (κ3) is 41.9. The quantitative estimate of drug-likeness (QED) is 0.0472. The molecular weight excluding hydrogens is 809 g/mol. The molecule has 0 aromatic carbocycles. The van der Waals surface area contributed by atoms with Crippen LogP contribution in [0.25, 0.3) is 0 Å². The van der Waals surface area contributed by atoms with E-state index in [9.17, 15) is 18.0 Å². The van der Waals surface area contributed by atoms with Crippen LogP contribution >= 0.6 is 0 Å². The average Bonchev–Trinajstić information content (AvgIpc) is 3.25. The molecule has 0 radical (unpaired) electrons. The Morgan fingerprint density at radius 3 is 1.30 bits per heavy atom. The van der Waals surface area contributed by atoms with E-state index in [2.05, 4.69) is 56.9 Å². The van der Waals surface area contributed by atoms with Crippen LogP contribution in [0, 0.1) is 5.92 Å². The summed E-state index contributed by atoms with van der Waals surface area (Å²) in [7, 11) is 7.59. The summed E-state index contributed by atoms with van der Waals surface area (Å²) >= 11 is 0. The summed E-state index contributed by atoms with van der Waals surface area (Å²) in [4.78, 5) is 28.3. The van der Waals surface area contributed by atoms with Gasteiger partial charge in [0.2, 0.25) is 10.0 Å². The zero-order chi connectivity index (χ0) is 47.4. The van der Waals surface area contributed by atoms with Gasteiger partial charge in [0.15, 0.2) is 0 Å². The van der Waals surface area contributed by atoms with Crippen molar-refractivity contribution < 1.29 is 27.5 Å². The summed E-state index contributed by atoms with van der Waals surface area (Å²) in [6.07, 6.45) is 35.8. The molecule has 0 aliphatic carbocycles. The third-order valence-corrected chi connectivity index (χ3v) is 14.5. The van der Waals surface area contributed by atoms with E-state index in [4.69, 9.17) is 9.47 Å². The fourth-order valence-electron chi connectivity index (χ4n) is 8.44. The molecule has 0 aliphatic rings. The monoisotopic (exact) mass is 917 g/mol. The van der Waals surface area contributed by atoms with E-state index in [1.807, 2.05) is 14.1 Å². The first kappa shape index (κ1) is 63.8. The van der Waals surface area contributed by atoms with Crippen LogP contribution in [-0.2, 0) is 29.1 Å². The Balaban J connectivity index is 0. The summed E-state index contributed by atoms with van der Waals surface area (Å²) in [6, 6.07) is -0.0507. The fourth-order valence-corrected chi connectivity index (χ4v) is 10.6. The molecule has 0 aromatic heterocycles. The number of nitrogens with zero attached hydrogens (tertiary/aromatic N) is 3. The van der Waals surface area contributed by atoms with E-state index in [1.165, 1.54) is 143 Å². The number of nitrogens with one attached hydrogen (secondary N) is 1. The molecule has 10 nitrogen and oxygen atoms in total. The van der Waals surface area contributed by atoms with Crippen LogP contribution < -0.4 is 5.32 Å². The van der Waals surface area contributed by atoms with Crippen LogP contribution in [0.15, 0.2) is 0 Å². The van der Waals surface area contributed by atoms with Crippen LogP contribution in [0.2, 0.25) is 0 Å². The number of hydrogen-bond donors (Lipinski definition) is 1. The second-order valence-corrected chi connectivity index (χ2v) is 21.1. The molecule has 0 saturated carbocycles. The minimum Gasteiger partial charge on any atom is -0.469 e. The van der Waals surface area contributed by atoms with Gasteiger partial charge in [-0.3, -0.25) is 9.59 Å². The zero-order valence-electron chi connectivity index (χ0n) is 43.6. The van der Waals surface area contributed by atoms with E-state index in [-0.39, 0.29) is 42.1 Å². The molecule has 0 heterocycles. The molecule has 0 aliphatic heterocycles. The lowest BCUT2D eigenvalue weighted by Crippen LogP contribution is -2.45. The van der Waals surface area contributed by atoms with E-state index < -0.39 is 10.0 Å². The normalized spacial score (nSPS) is 13.3. The molecule has 378 valence electrons. The lowest BCUT2D eigenvalue weighted by Gasteiger charge is -2.32. The van der Waals surface area contributed by atoms with Crippen LogP contribution in [-0.4, -0.2) is 121 Å². The molecular formula is C52H108N4O6S. The van der Waals surface area contributed by atoms with Gasteiger partial charge >= 0.3 is 11.9 Å². The fraction of sp³-hybridized carbons (Fsp3) is 0.962. The van der Waals surface area contributed by atoms with Crippen LogP contribution in [0.1, 0.15) is 233 Å². The Labute approximate surface area is 392 Å². The van der Waals surface area contributed by atoms with Crippen molar-refractivity contribution in [3.8, 4) is 0 Å². The van der Waals surface area contributed by atoms with E-state index in [0.717, 1.165) is 83.8 Å². The molecule has 1 N–H and O–H groups in total. The van der Waals surface area contributed by atoms with Gasteiger partial charge < -0.3 is 24.6 Å². The second-order valence-electron chi connectivity index (χ2n) is 19.2. The highest BCUT2D eigenvalue weighted by atomic mass is 32.2. The van der Waals surface area contributed by atoms with E-state index in [1.54, 1.807) is 4.31 Å². The molecule has 0 fully saturated rings. The Hall–Kier alpha value is -1.27. The van der Waals surface area contributed by atoms with Crippen molar-refractivity contribution in [3.05, 3.63) is 0 Å². The first-order valence-corrected chi connectivity index (χ1v) is 28.1. The number of methoxy groups -OCH3 is 2. The maximum absolute atomic E-state index is 14.2. The standard InChI is InChI=1S/C34H70N2O4S.C18H38N2O2/c1-7-10-13-16-18-20-23-27-33(30-34(37)40-6)36(29-24-28-35(4)5)41(38,39)31-32(25-21-15-12-9-3)26-22-19-17-14-11-8-2;1-5-6-7-8-9-10-11-13-17(16-18(21)22-4)19-14-12-15-20(2)3/h32-33H,7-31H2,1-6H3;17,19H,5-16H2,1-4H3. The van der Waals surface area contributed by atoms with E-state index >= 15 is 0 Å². The van der Waals surface area contributed by atoms with Crippen LogP contribution in [0.5, 0.6) is 0 Å². The predicted octanol–water partition coefficient (Wildman–Crippen LogP) is 12.6. The van der Waals surface area contributed by atoms with Gasteiger partial charge in [-0.05, 0) is 92.3 Å². The first-order chi connectivity index (χ1) is 30.3. The minimum absolute atomic E-state index is 0.104. The molecule has 0 spiro atoms. The van der Waals surface area contributed by atoms with Crippen LogP contribution in [0.4, 0.5) is 0 Å². The Kier molecular flexibility index (Phi) is 46.5. The minimum atomic E-state index is -3.51. The highest BCUT2D eigenvalue weighted by Gasteiger charge is 2.33. The molecule has 3 atom stereocenters.